The molecule has 7 heteroatoms. The van der Waals surface area contributed by atoms with E-state index in [9.17, 15) is 9.59 Å². The van der Waals surface area contributed by atoms with Crippen LogP contribution in [0, 0.1) is 0 Å². The second-order valence-electron chi connectivity index (χ2n) is 6.00. The largest absolute Gasteiger partial charge is 0.423 e. The summed E-state index contributed by atoms with van der Waals surface area (Å²) in [4.78, 5) is 26.4. The van der Waals surface area contributed by atoms with Crippen LogP contribution in [-0.4, -0.2) is 12.2 Å². The van der Waals surface area contributed by atoms with Crippen molar-refractivity contribution in [3.05, 3.63) is 89.4 Å². The zero-order chi connectivity index (χ0) is 19.5. The van der Waals surface area contributed by atoms with Crippen LogP contribution in [0.15, 0.2) is 78.9 Å². The molecule has 6 nitrogen and oxygen atoms in total. The standard InChI is InChI=1S/C21H15ClN2O4/c22-14-11-12-18-17(13-14)19(28-20(25)23-15-7-3-1-4-8-15)24(21(26)27-18)16-9-5-2-6-10-16/h1-13,19H,(H,23,25). The molecule has 1 atom stereocenters. The number of carbonyl (C=O) groups excluding carboxylic acids is 2. The maximum absolute atomic E-state index is 12.7. The Morgan fingerprint density at radius 2 is 1.68 bits per heavy atom. The molecule has 0 saturated heterocycles. The van der Waals surface area contributed by atoms with E-state index >= 15 is 0 Å². The van der Waals surface area contributed by atoms with E-state index in [-0.39, 0.29) is 0 Å². The fourth-order valence-electron chi connectivity index (χ4n) is 2.90. The van der Waals surface area contributed by atoms with Crippen molar-refractivity contribution in [2.45, 2.75) is 6.23 Å². The lowest BCUT2D eigenvalue weighted by Crippen LogP contribution is -2.43. The predicted molar refractivity (Wildman–Crippen MR) is 106 cm³/mol. The molecule has 4 rings (SSSR count). The van der Waals surface area contributed by atoms with Gasteiger partial charge in [0.1, 0.15) is 5.75 Å². The third-order valence-electron chi connectivity index (χ3n) is 4.14. The summed E-state index contributed by atoms with van der Waals surface area (Å²) in [6.45, 7) is 0. The van der Waals surface area contributed by atoms with Crippen molar-refractivity contribution in [1.82, 2.24) is 0 Å². The third-order valence-corrected chi connectivity index (χ3v) is 4.37. The van der Waals surface area contributed by atoms with Crippen LogP contribution in [0.4, 0.5) is 21.0 Å². The van der Waals surface area contributed by atoms with Crippen molar-refractivity contribution in [1.29, 1.82) is 0 Å². The second-order valence-corrected chi connectivity index (χ2v) is 6.44. The molecule has 0 saturated carbocycles. The van der Waals surface area contributed by atoms with Gasteiger partial charge in [-0.1, -0.05) is 48.0 Å². The molecule has 1 unspecified atom stereocenters. The SMILES string of the molecule is O=C(Nc1ccccc1)OC1c2cc(Cl)ccc2OC(=O)N1c1ccccc1. The Morgan fingerprint density at radius 3 is 2.39 bits per heavy atom. The highest BCUT2D eigenvalue weighted by Crippen LogP contribution is 2.40. The molecule has 1 N–H and O–H groups in total. The van der Waals surface area contributed by atoms with Gasteiger partial charge in [0.2, 0.25) is 6.23 Å². The number of amides is 2. The van der Waals surface area contributed by atoms with Gasteiger partial charge in [-0.05, 0) is 42.5 Å². The fourth-order valence-corrected chi connectivity index (χ4v) is 3.08. The summed E-state index contributed by atoms with van der Waals surface area (Å²) in [5.74, 6) is 0.291. The Bertz CT molecular complexity index is 1010. The fraction of sp³-hybridized carbons (Fsp3) is 0.0476. The number of rotatable bonds is 3. The maximum atomic E-state index is 12.7. The highest BCUT2D eigenvalue weighted by atomic mass is 35.5. The van der Waals surface area contributed by atoms with Crippen LogP contribution in [0.5, 0.6) is 5.75 Å². The van der Waals surface area contributed by atoms with Crippen LogP contribution in [0.2, 0.25) is 5.02 Å². The Kier molecular flexibility index (Phi) is 4.87. The lowest BCUT2D eigenvalue weighted by Gasteiger charge is -2.35. The van der Waals surface area contributed by atoms with Crippen molar-refractivity contribution in [3.8, 4) is 5.75 Å². The van der Waals surface area contributed by atoms with Gasteiger partial charge < -0.3 is 9.47 Å². The van der Waals surface area contributed by atoms with Crippen molar-refractivity contribution < 1.29 is 19.1 Å². The average Bonchev–Trinajstić information content (AvgIpc) is 2.70. The molecule has 140 valence electrons. The van der Waals surface area contributed by atoms with E-state index in [0.717, 1.165) is 0 Å². The lowest BCUT2D eigenvalue weighted by atomic mass is 10.1. The number of ether oxygens (including phenoxy) is 2. The third kappa shape index (κ3) is 3.63. The molecule has 0 spiro atoms. The van der Waals surface area contributed by atoms with Crippen LogP contribution in [-0.2, 0) is 4.74 Å². The number of hydrogen-bond acceptors (Lipinski definition) is 4. The van der Waals surface area contributed by atoms with E-state index in [1.165, 1.54) is 4.90 Å². The highest BCUT2D eigenvalue weighted by Gasteiger charge is 2.38. The van der Waals surface area contributed by atoms with Crippen LogP contribution >= 0.6 is 11.6 Å². The summed E-state index contributed by atoms with van der Waals surface area (Å²) in [6.07, 6.45) is -2.41. The lowest BCUT2D eigenvalue weighted by molar-refractivity contribution is 0.0964. The second kappa shape index (κ2) is 7.62. The van der Waals surface area contributed by atoms with Gasteiger partial charge in [0, 0.05) is 10.7 Å². The van der Waals surface area contributed by atoms with Gasteiger partial charge in [-0.15, -0.1) is 0 Å². The summed E-state index contributed by atoms with van der Waals surface area (Å²) in [6, 6.07) is 22.5. The van der Waals surface area contributed by atoms with E-state index in [4.69, 9.17) is 21.1 Å². The molecule has 0 bridgehead atoms. The predicted octanol–water partition coefficient (Wildman–Crippen LogP) is 5.61. The molecule has 0 radical (unpaired) electrons. The summed E-state index contributed by atoms with van der Waals surface area (Å²) in [5, 5.41) is 3.08. The van der Waals surface area contributed by atoms with E-state index in [1.54, 1.807) is 66.7 Å². The first-order valence-corrected chi connectivity index (χ1v) is 8.88. The monoisotopic (exact) mass is 394 g/mol. The van der Waals surface area contributed by atoms with Gasteiger partial charge in [-0.25, -0.2) is 14.5 Å². The van der Waals surface area contributed by atoms with Gasteiger partial charge >= 0.3 is 12.2 Å². The number of fused-ring (bicyclic) bond motifs is 1. The first-order valence-electron chi connectivity index (χ1n) is 8.50. The highest BCUT2D eigenvalue weighted by molar-refractivity contribution is 6.30. The normalized spacial score (nSPS) is 15.4. The number of para-hydroxylation sites is 2. The molecule has 28 heavy (non-hydrogen) atoms. The van der Waals surface area contributed by atoms with Crippen molar-refractivity contribution in [2.75, 3.05) is 10.2 Å². The van der Waals surface area contributed by atoms with Crippen molar-refractivity contribution in [2.24, 2.45) is 0 Å². The molecular formula is C21H15ClN2O4. The molecule has 0 fully saturated rings. The molecule has 0 aliphatic carbocycles. The van der Waals surface area contributed by atoms with Gasteiger partial charge in [-0.3, -0.25) is 5.32 Å². The number of carbonyl (C=O) groups is 2. The maximum Gasteiger partial charge on any atom is 0.423 e. The molecule has 1 aliphatic rings. The number of benzene rings is 3. The zero-order valence-electron chi connectivity index (χ0n) is 14.5. The van der Waals surface area contributed by atoms with Crippen molar-refractivity contribution >= 4 is 35.2 Å². The summed E-state index contributed by atoms with van der Waals surface area (Å²) in [5.41, 5.74) is 1.57. The molecule has 0 aromatic heterocycles. The van der Waals surface area contributed by atoms with E-state index < -0.39 is 18.4 Å². The molecule has 3 aromatic rings. The first-order chi connectivity index (χ1) is 13.6. The Hall–Kier alpha value is -3.51. The Morgan fingerprint density at radius 1 is 1.00 bits per heavy atom. The topological polar surface area (TPSA) is 67.9 Å². The molecule has 1 aliphatic heterocycles. The number of nitrogens with one attached hydrogen (secondary N) is 1. The quantitative estimate of drug-likeness (QED) is 0.627. The Balaban J connectivity index is 1.70. The summed E-state index contributed by atoms with van der Waals surface area (Å²) >= 11 is 6.12. The minimum atomic E-state index is -1.04. The number of nitrogens with zero attached hydrogens (tertiary/aromatic N) is 1. The van der Waals surface area contributed by atoms with Gasteiger partial charge in [0.15, 0.2) is 0 Å². The zero-order valence-corrected chi connectivity index (χ0v) is 15.3. The number of anilines is 2. The molecule has 2 amide bonds. The van der Waals surface area contributed by atoms with Gasteiger partial charge in [-0.2, -0.15) is 0 Å². The number of halogens is 1. The van der Waals surface area contributed by atoms with Gasteiger partial charge in [0.25, 0.3) is 0 Å². The summed E-state index contributed by atoms with van der Waals surface area (Å²) < 4.78 is 11.0. The average molecular weight is 395 g/mol. The van der Waals surface area contributed by atoms with E-state index in [2.05, 4.69) is 5.32 Å². The van der Waals surface area contributed by atoms with Crippen LogP contribution < -0.4 is 15.0 Å². The molecular weight excluding hydrogens is 380 g/mol. The van der Waals surface area contributed by atoms with Crippen molar-refractivity contribution in [3.63, 3.8) is 0 Å². The molecule has 3 aromatic carbocycles. The first kappa shape index (κ1) is 17.9. The van der Waals surface area contributed by atoms with Crippen LogP contribution in [0.3, 0.4) is 0 Å². The number of hydrogen-bond donors (Lipinski definition) is 1. The summed E-state index contributed by atoms with van der Waals surface area (Å²) in [7, 11) is 0. The minimum Gasteiger partial charge on any atom is -0.420 e. The van der Waals surface area contributed by atoms with E-state index in [0.29, 0.717) is 27.7 Å². The van der Waals surface area contributed by atoms with Crippen LogP contribution in [0.1, 0.15) is 11.8 Å². The van der Waals surface area contributed by atoms with E-state index in [1.807, 2.05) is 12.1 Å². The van der Waals surface area contributed by atoms with Crippen LogP contribution in [0.25, 0.3) is 0 Å². The van der Waals surface area contributed by atoms with Gasteiger partial charge in [0.05, 0.1) is 11.3 Å². The molecule has 1 heterocycles. The Labute approximate surface area is 166 Å². The minimum absolute atomic E-state index is 0.291. The smallest absolute Gasteiger partial charge is 0.420 e.